The van der Waals surface area contributed by atoms with Crippen LogP contribution in [0.25, 0.3) is 0 Å². The molecule has 2 N–H and O–H groups in total. The molecule has 1 aromatic rings. The molecule has 122 valence electrons. The van der Waals surface area contributed by atoms with Gasteiger partial charge in [0.1, 0.15) is 23.4 Å². The predicted octanol–water partition coefficient (Wildman–Crippen LogP) is 0.907. The first-order chi connectivity index (χ1) is 10.9. The van der Waals surface area contributed by atoms with Gasteiger partial charge in [-0.05, 0) is 25.0 Å². The van der Waals surface area contributed by atoms with Crippen molar-refractivity contribution < 1.29 is 28.3 Å². The highest BCUT2D eigenvalue weighted by Gasteiger charge is 2.49. The largest absolute Gasteiger partial charge is 0.481 e. The van der Waals surface area contributed by atoms with Gasteiger partial charge in [0.25, 0.3) is 0 Å². The molecule has 8 heteroatoms. The lowest BCUT2D eigenvalue weighted by Gasteiger charge is -2.18. The van der Waals surface area contributed by atoms with Crippen molar-refractivity contribution in [2.24, 2.45) is 11.8 Å². The zero-order valence-electron chi connectivity index (χ0n) is 12.0. The van der Waals surface area contributed by atoms with Crippen LogP contribution in [0.4, 0.5) is 14.5 Å². The molecule has 0 aromatic heterocycles. The topological polar surface area (TPSA) is 86.7 Å². The zero-order chi connectivity index (χ0) is 16.7. The number of amides is 2. The summed E-state index contributed by atoms with van der Waals surface area (Å²) in [7, 11) is 0. The van der Waals surface area contributed by atoms with Gasteiger partial charge in [0.15, 0.2) is 0 Å². The first-order valence-electron chi connectivity index (χ1n) is 7.18. The lowest BCUT2D eigenvalue weighted by atomic mass is 10.2. The Hall–Kier alpha value is -2.51. The first kappa shape index (κ1) is 15.4. The third-order valence-electron chi connectivity index (χ3n) is 4.17. The van der Waals surface area contributed by atoms with Crippen molar-refractivity contribution in [3.63, 3.8) is 0 Å². The van der Waals surface area contributed by atoms with E-state index in [1.54, 1.807) is 0 Å². The average Bonchev–Trinajstić information content (AvgIpc) is 3.22. The van der Waals surface area contributed by atoms with E-state index in [4.69, 9.17) is 5.11 Å². The number of para-hydroxylation sites is 1. The van der Waals surface area contributed by atoms with Crippen LogP contribution in [0.5, 0.6) is 0 Å². The van der Waals surface area contributed by atoms with E-state index in [0.29, 0.717) is 0 Å². The van der Waals surface area contributed by atoms with Crippen LogP contribution in [-0.4, -0.2) is 35.5 Å². The van der Waals surface area contributed by atoms with Crippen LogP contribution in [-0.2, 0) is 14.4 Å². The molecule has 0 bridgehead atoms. The van der Waals surface area contributed by atoms with Crippen molar-refractivity contribution in [3.05, 3.63) is 29.8 Å². The summed E-state index contributed by atoms with van der Waals surface area (Å²) in [6, 6.07) is 2.42. The molecule has 1 aliphatic carbocycles. The van der Waals surface area contributed by atoms with E-state index in [-0.39, 0.29) is 19.4 Å². The predicted molar refractivity (Wildman–Crippen MR) is 74.5 cm³/mol. The summed E-state index contributed by atoms with van der Waals surface area (Å²) in [5.41, 5.74) is -0.427. The Labute approximate surface area is 130 Å². The lowest BCUT2D eigenvalue weighted by molar-refractivity contribution is -0.140. The van der Waals surface area contributed by atoms with Crippen molar-refractivity contribution in [2.45, 2.75) is 18.9 Å². The molecule has 1 saturated carbocycles. The Morgan fingerprint density at radius 3 is 2.43 bits per heavy atom. The molecule has 1 heterocycles. The number of nitrogens with zero attached hydrogens (tertiary/aromatic N) is 1. The molecular formula is C15H14F2N2O4. The van der Waals surface area contributed by atoms with Crippen LogP contribution in [0.15, 0.2) is 18.2 Å². The summed E-state index contributed by atoms with van der Waals surface area (Å²) < 4.78 is 27.5. The van der Waals surface area contributed by atoms with Crippen LogP contribution < -0.4 is 10.2 Å². The third-order valence-corrected chi connectivity index (χ3v) is 4.17. The number of hydrogen-bond acceptors (Lipinski definition) is 3. The maximum atomic E-state index is 13.8. The smallest absolute Gasteiger partial charge is 0.307 e. The van der Waals surface area contributed by atoms with Gasteiger partial charge in [-0.1, -0.05) is 6.07 Å². The van der Waals surface area contributed by atoms with Crippen LogP contribution >= 0.6 is 0 Å². The number of anilines is 1. The van der Waals surface area contributed by atoms with Crippen molar-refractivity contribution in [3.8, 4) is 0 Å². The van der Waals surface area contributed by atoms with Gasteiger partial charge in [-0.3, -0.25) is 14.4 Å². The van der Waals surface area contributed by atoms with Gasteiger partial charge in [-0.15, -0.1) is 0 Å². The van der Waals surface area contributed by atoms with Crippen LogP contribution in [0.3, 0.4) is 0 Å². The zero-order valence-corrected chi connectivity index (χ0v) is 12.0. The number of carboxylic acids is 1. The molecule has 1 saturated heterocycles. The van der Waals surface area contributed by atoms with E-state index >= 15 is 0 Å². The van der Waals surface area contributed by atoms with E-state index in [0.717, 1.165) is 17.0 Å². The van der Waals surface area contributed by atoms with Gasteiger partial charge in [0.2, 0.25) is 11.8 Å². The van der Waals surface area contributed by atoms with Crippen molar-refractivity contribution >= 4 is 23.5 Å². The summed E-state index contributed by atoms with van der Waals surface area (Å²) in [6.45, 7) is 0.0780. The lowest BCUT2D eigenvalue weighted by Crippen LogP contribution is -2.42. The minimum Gasteiger partial charge on any atom is -0.481 e. The van der Waals surface area contributed by atoms with Gasteiger partial charge in [-0.25, -0.2) is 8.78 Å². The van der Waals surface area contributed by atoms with Crippen molar-refractivity contribution in [1.82, 2.24) is 5.32 Å². The number of aliphatic carboxylic acids is 1. The standard InChI is InChI=1S/C15H14F2N2O4/c16-9-2-1-3-10(17)12(9)19-5-4-11(14(19)21)18-13(20)7-6-8(7)15(22)23/h1-3,7-8,11H,4-6H2,(H,18,20)(H,22,23)/t7-,8-,11+/m1/s1. The van der Waals surface area contributed by atoms with Gasteiger partial charge < -0.3 is 15.3 Å². The molecule has 2 amide bonds. The van der Waals surface area contributed by atoms with Crippen LogP contribution in [0.2, 0.25) is 0 Å². The van der Waals surface area contributed by atoms with Crippen molar-refractivity contribution in [2.75, 3.05) is 11.4 Å². The van der Waals surface area contributed by atoms with E-state index in [2.05, 4.69) is 5.32 Å². The van der Waals surface area contributed by atoms with Gasteiger partial charge in [-0.2, -0.15) is 0 Å². The number of rotatable bonds is 4. The number of carboxylic acid groups (broad SMARTS) is 1. The Balaban J connectivity index is 1.68. The number of carbonyl (C=O) groups excluding carboxylic acids is 2. The molecule has 2 aliphatic rings. The fraction of sp³-hybridized carbons (Fsp3) is 0.400. The number of benzene rings is 1. The second-order valence-corrected chi connectivity index (χ2v) is 5.70. The van der Waals surface area contributed by atoms with Crippen LogP contribution in [0, 0.1) is 23.5 Å². The fourth-order valence-electron chi connectivity index (χ4n) is 2.82. The SMILES string of the molecule is O=C(O)[C@@H]1C[C@H]1C(=O)N[C@H]1CCN(c2c(F)cccc2F)C1=O. The number of hydrogen-bond donors (Lipinski definition) is 2. The summed E-state index contributed by atoms with van der Waals surface area (Å²) in [6.07, 6.45) is 0.455. The Morgan fingerprint density at radius 1 is 1.22 bits per heavy atom. The van der Waals surface area contributed by atoms with Gasteiger partial charge >= 0.3 is 5.97 Å². The molecule has 3 atom stereocenters. The highest BCUT2D eigenvalue weighted by atomic mass is 19.1. The van der Waals surface area contributed by atoms with E-state index < -0.39 is 53.0 Å². The second kappa shape index (κ2) is 5.60. The number of carbonyl (C=O) groups is 3. The monoisotopic (exact) mass is 324 g/mol. The minimum atomic E-state index is -1.04. The van der Waals surface area contributed by atoms with Crippen LogP contribution in [0.1, 0.15) is 12.8 Å². The molecule has 23 heavy (non-hydrogen) atoms. The normalized spacial score (nSPS) is 26.3. The highest BCUT2D eigenvalue weighted by Crippen LogP contribution is 2.39. The molecule has 3 rings (SSSR count). The van der Waals surface area contributed by atoms with Crippen molar-refractivity contribution in [1.29, 1.82) is 0 Å². The number of nitrogens with one attached hydrogen (secondary N) is 1. The molecule has 0 unspecified atom stereocenters. The first-order valence-corrected chi connectivity index (χ1v) is 7.18. The number of halogens is 2. The Morgan fingerprint density at radius 2 is 1.87 bits per heavy atom. The molecular weight excluding hydrogens is 310 g/mol. The summed E-state index contributed by atoms with van der Waals surface area (Å²) in [5, 5.41) is 11.3. The molecule has 2 fully saturated rings. The Kier molecular flexibility index (Phi) is 3.75. The van der Waals surface area contributed by atoms with Gasteiger partial charge in [0.05, 0.1) is 11.8 Å². The highest BCUT2D eigenvalue weighted by molar-refractivity contribution is 6.02. The quantitative estimate of drug-likeness (QED) is 0.862. The summed E-state index contributed by atoms with van der Waals surface area (Å²) >= 11 is 0. The molecule has 1 aliphatic heterocycles. The van der Waals surface area contributed by atoms with E-state index in [9.17, 15) is 23.2 Å². The average molecular weight is 324 g/mol. The third kappa shape index (κ3) is 2.76. The maximum Gasteiger partial charge on any atom is 0.307 e. The minimum absolute atomic E-state index is 0.0780. The summed E-state index contributed by atoms with van der Waals surface area (Å²) in [5.74, 6) is -5.21. The molecule has 6 nitrogen and oxygen atoms in total. The molecule has 0 spiro atoms. The van der Waals surface area contributed by atoms with E-state index in [1.807, 2.05) is 0 Å². The van der Waals surface area contributed by atoms with E-state index in [1.165, 1.54) is 6.07 Å². The second-order valence-electron chi connectivity index (χ2n) is 5.70. The van der Waals surface area contributed by atoms with Gasteiger partial charge in [0, 0.05) is 6.54 Å². The fourth-order valence-corrected chi connectivity index (χ4v) is 2.82. The maximum absolute atomic E-state index is 13.8. The molecule has 1 aromatic carbocycles. The molecule has 0 radical (unpaired) electrons. The Bertz CT molecular complexity index is 674. The summed E-state index contributed by atoms with van der Waals surface area (Å²) in [4.78, 5) is 35.9.